The lowest BCUT2D eigenvalue weighted by atomic mass is 10.1. The molecule has 0 fully saturated rings. The van der Waals surface area contributed by atoms with Crippen molar-refractivity contribution < 1.29 is 19.5 Å². The summed E-state index contributed by atoms with van der Waals surface area (Å²) >= 11 is 0. The molecular weight excluding hydrogens is 236 g/mol. The molecular formula is C12H14N2O4. The fraction of sp³-hybridized carbons (Fsp3) is 0.250. The second-order valence-corrected chi connectivity index (χ2v) is 3.69. The summed E-state index contributed by atoms with van der Waals surface area (Å²) in [6, 6.07) is 4.82. The van der Waals surface area contributed by atoms with Crippen molar-refractivity contribution in [3.63, 3.8) is 0 Å². The van der Waals surface area contributed by atoms with Gasteiger partial charge in [0.1, 0.15) is 6.04 Å². The molecule has 96 valence electrons. The van der Waals surface area contributed by atoms with Crippen LogP contribution >= 0.6 is 0 Å². The van der Waals surface area contributed by atoms with Crippen molar-refractivity contribution in [2.24, 2.45) is 0 Å². The summed E-state index contributed by atoms with van der Waals surface area (Å²) < 4.78 is 0. The smallest absolute Gasteiger partial charge is 0.335 e. The molecule has 0 aliphatic carbocycles. The van der Waals surface area contributed by atoms with Gasteiger partial charge < -0.3 is 15.7 Å². The fourth-order valence-corrected chi connectivity index (χ4v) is 1.33. The summed E-state index contributed by atoms with van der Waals surface area (Å²) in [5.74, 6) is -1.78. The largest absolute Gasteiger partial charge is 0.478 e. The number of benzene rings is 1. The monoisotopic (exact) mass is 250 g/mol. The number of hydrogen-bond acceptors (Lipinski definition) is 3. The third-order valence-electron chi connectivity index (χ3n) is 2.38. The normalized spacial score (nSPS) is 11.4. The topological polar surface area (TPSA) is 95.5 Å². The van der Waals surface area contributed by atoms with Gasteiger partial charge in [-0.3, -0.25) is 9.59 Å². The summed E-state index contributed by atoms with van der Waals surface area (Å²) in [6.45, 7) is 1.56. The first-order valence-corrected chi connectivity index (χ1v) is 5.31. The molecule has 0 spiro atoms. The lowest BCUT2D eigenvalue weighted by Crippen LogP contribution is -2.43. The Kier molecular flexibility index (Phi) is 4.42. The lowest BCUT2D eigenvalue weighted by Gasteiger charge is -2.12. The Morgan fingerprint density at radius 1 is 1.11 bits per heavy atom. The van der Waals surface area contributed by atoms with Gasteiger partial charge in [-0.1, -0.05) is 0 Å². The van der Waals surface area contributed by atoms with Crippen LogP contribution in [0.3, 0.4) is 0 Å². The van der Waals surface area contributed by atoms with Crippen LogP contribution in [0.2, 0.25) is 0 Å². The van der Waals surface area contributed by atoms with Crippen molar-refractivity contribution in [3.05, 3.63) is 35.4 Å². The maximum atomic E-state index is 11.7. The van der Waals surface area contributed by atoms with E-state index in [1.54, 1.807) is 6.92 Å². The number of amides is 2. The molecule has 2 amide bonds. The van der Waals surface area contributed by atoms with E-state index in [0.717, 1.165) is 0 Å². The van der Waals surface area contributed by atoms with Gasteiger partial charge in [0, 0.05) is 12.6 Å². The van der Waals surface area contributed by atoms with Crippen LogP contribution in [-0.2, 0) is 4.79 Å². The second kappa shape index (κ2) is 5.81. The van der Waals surface area contributed by atoms with E-state index in [0.29, 0.717) is 5.56 Å². The molecule has 0 bridgehead atoms. The minimum Gasteiger partial charge on any atom is -0.478 e. The van der Waals surface area contributed by atoms with E-state index in [2.05, 4.69) is 10.6 Å². The van der Waals surface area contributed by atoms with Crippen LogP contribution in [0.1, 0.15) is 27.6 Å². The Hall–Kier alpha value is -2.37. The molecule has 1 aromatic carbocycles. The molecule has 1 aromatic rings. The van der Waals surface area contributed by atoms with Crippen molar-refractivity contribution in [2.45, 2.75) is 13.0 Å². The van der Waals surface area contributed by atoms with E-state index in [9.17, 15) is 14.4 Å². The van der Waals surface area contributed by atoms with Gasteiger partial charge in [-0.2, -0.15) is 0 Å². The summed E-state index contributed by atoms with van der Waals surface area (Å²) in [5.41, 5.74) is 0.404. The number of carbonyl (C=O) groups is 3. The third-order valence-corrected chi connectivity index (χ3v) is 2.38. The molecule has 0 radical (unpaired) electrons. The number of rotatable bonds is 4. The van der Waals surface area contributed by atoms with Gasteiger partial charge in [-0.25, -0.2) is 4.79 Å². The summed E-state index contributed by atoms with van der Waals surface area (Å²) in [7, 11) is 1.48. The first-order valence-electron chi connectivity index (χ1n) is 5.31. The predicted molar refractivity (Wildman–Crippen MR) is 64.4 cm³/mol. The maximum Gasteiger partial charge on any atom is 0.335 e. The van der Waals surface area contributed by atoms with Crippen LogP contribution in [-0.4, -0.2) is 36.0 Å². The fourth-order valence-electron chi connectivity index (χ4n) is 1.33. The van der Waals surface area contributed by atoms with Crippen LogP contribution < -0.4 is 10.6 Å². The zero-order chi connectivity index (χ0) is 13.7. The number of likely N-dealkylation sites (N-methyl/N-ethyl adjacent to an activating group) is 1. The van der Waals surface area contributed by atoms with Gasteiger partial charge in [0.15, 0.2) is 0 Å². The zero-order valence-corrected chi connectivity index (χ0v) is 10.1. The first kappa shape index (κ1) is 13.7. The lowest BCUT2D eigenvalue weighted by molar-refractivity contribution is -0.122. The Labute approximate surface area is 104 Å². The molecule has 6 heteroatoms. The van der Waals surface area contributed by atoms with Crippen molar-refractivity contribution >= 4 is 17.8 Å². The number of carboxylic acids is 1. The molecule has 6 nitrogen and oxygen atoms in total. The van der Waals surface area contributed by atoms with Crippen LogP contribution in [0.4, 0.5) is 0 Å². The minimum atomic E-state index is -1.05. The average molecular weight is 250 g/mol. The van der Waals surface area contributed by atoms with Crippen molar-refractivity contribution in [1.82, 2.24) is 10.6 Å². The highest BCUT2D eigenvalue weighted by Gasteiger charge is 2.15. The van der Waals surface area contributed by atoms with Crippen LogP contribution in [0.25, 0.3) is 0 Å². The van der Waals surface area contributed by atoms with E-state index in [4.69, 9.17) is 5.11 Å². The number of carboxylic acid groups (broad SMARTS) is 1. The molecule has 3 N–H and O–H groups in total. The predicted octanol–water partition coefficient (Wildman–Crippen LogP) is 0.249. The molecule has 0 heterocycles. The SMILES string of the molecule is CNC(=O)C(C)NC(=O)c1ccc(C(=O)O)cc1. The summed E-state index contributed by atoms with van der Waals surface area (Å²) in [4.78, 5) is 33.6. The van der Waals surface area contributed by atoms with Gasteiger partial charge in [-0.05, 0) is 31.2 Å². The Morgan fingerprint density at radius 2 is 1.61 bits per heavy atom. The van der Waals surface area contributed by atoms with E-state index in [1.165, 1.54) is 31.3 Å². The van der Waals surface area contributed by atoms with Crippen molar-refractivity contribution in [1.29, 1.82) is 0 Å². The van der Waals surface area contributed by atoms with E-state index in [1.807, 2.05) is 0 Å². The maximum absolute atomic E-state index is 11.7. The number of aromatic carboxylic acids is 1. The van der Waals surface area contributed by atoms with Gasteiger partial charge in [0.25, 0.3) is 5.91 Å². The molecule has 0 aliphatic rings. The Bertz CT molecular complexity index is 467. The van der Waals surface area contributed by atoms with E-state index < -0.39 is 17.9 Å². The van der Waals surface area contributed by atoms with E-state index in [-0.39, 0.29) is 11.5 Å². The molecule has 0 saturated heterocycles. The molecule has 0 aromatic heterocycles. The van der Waals surface area contributed by atoms with E-state index >= 15 is 0 Å². The zero-order valence-electron chi connectivity index (χ0n) is 10.1. The standard InChI is InChI=1S/C12H14N2O4/c1-7(10(15)13-2)14-11(16)8-3-5-9(6-4-8)12(17)18/h3-7H,1-2H3,(H,13,15)(H,14,16)(H,17,18). The van der Waals surface area contributed by atoms with Gasteiger partial charge in [-0.15, -0.1) is 0 Å². The summed E-state index contributed by atoms with van der Waals surface area (Å²) in [5, 5.41) is 13.6. The highest BCUT2D eigenvalue weighted by molar-refractivity contribution is 5.98. The number of carbonyl (C=O) groups excluding carboxylic acids is 2. The summed E-state index contributed by atoms with van der Waals surface area (Å²) in [6.07, 6.45) is 0. The Balaban J connectivity index is 2.73. The van der Waals surface area contributed by atoms with Crippen LogP contribution in [0.5, 0.6) is 0 Å². The molecule has 18 heavy (non-hydrogen) atoms. The van der Waals surface area contributed by atoms with Crippen molar-refractivity contribution in [2.75, 3.05) is 7.05 Å². The number of hydrogen-bond donors (Lipinski definition) is 3. The van der Waals surface area contributed by atoms with Gasteiger partial charge in [0.05, 0.1) is 5.56 Å². The van der Waals surface area contributed by atoms with Crippen LogP contribution in [0.15, 0.2) is 24.3 Å². The van der Waals surface area contributed by atoms with Crippen molar-refractivity contribution in [3.8, 4) is 0 Å². The molecule has 1 unspecified atom stereocenters. The average Bonchev–Trinajstić information content (AvgIpc) is 2.37. The molecule has 0 aliphatic heterocycles. The minimum absolute atomic E-state index is 0.103. The second-order valence-electron chi connectivity index (χ2n) is 3.69. The van der Waals surface area contributed by atoms with Gasteiger partial charge >= 0.3 is 5.97 Å². The first-order chi connectivity index (χ1) is 8.45. The molecule has 1 atom stereocenters. The molecule has 1 rings (SSSR count). The van der Waals surface area contributed by atoms with Gasteiger partial charge in [0.2, 0.25) is 5.91 Å². The highest BCUT2D eigenvalue weighted by Crippen LogP contribution is 2.04. The number of nitrogens with one attached hydrogen (secondary N) is 2. The highest BCUT2D eigenvalue weighted by atomic mass is 16.4. The Morgan fingerprint density at radius 3 is 2.06 bits per heavy atom. The quantitative estimate of drug-likeness (QED) is 0.713. The third kappa shape index (κ3) is 3.31. The molecule has 0 saturated carbocycles. The van der Waals surface area contributed by atoms with Crippen LogP contribution in [0, 0.1) is 0 Å².